The summed E-state index contributed by atoms with van der Waals surface area (Å²) in [6.07, 6.45) is 1.16. The van der Waals surface area contributed by atoms with Crippen molar-refractivity contribution in [2.75, 3.05) is 20.1 Å². The zero-order chi connectivity index (χ0) is 12.7. The summed E-state index contributed by atoms with van der Waals surface area (Å²) in [6.45, 7) is 3.21. The molecule has 1 aromatic rings. The van der Waals surface area contributed by atoms with E-state index in [1.807, 2.05) is 18.4 Å². The van der Waals surface area contributed by atoms with Gasteiger partial charge in [0.2, 0.25) is 5.91 Å². The van der Waals surface area contributed by atoms with Crippen molar-refractivity contribution >= 4 is 23.2 Å². The smallest absolute Gasteiger partial charge is 0.261 e. The lowest BCUT2D eigenvalue weighted by molar-refractivity contribution is -0.129. The molecule has 94 valence electrons. The molecule has 0 spiro atoms. The van der Waals surface area contributed by atoms with E-state index in [2.05, 4.69) is 5.32 Å². The average Bonchev–Trinajstić information content (AvgIpc) is 2.86. The van der Waals surface area contributed by atoms with Gasteiger partial charge in [0, 0.05) is 26.6 Å². The maximum atomic E-state index is 11.5. The van der Waals surface area contributed by atoms with E-state index in [-0.39, 0.29) is 11.8 Å². The molecule has 17 heavy (non-hydrogen) atoms. The fraction of sp³-hybridized carbons (Fsp3) is 0.500. The molecular weight excluding hydrogens is 236 g/mol. The van der Waals surface area contributed by atoms with Crippen LogP contribution in [0.2, 0.25) is 0 Å². The van der Waals surface area contributed by atoms with Crippen molar-refractivity contribution in [3.63, 3.8) is 0 Å². The third kappa shape index (κ3) is 4.56. The molecule has 0 bridgehead atoms. The number of carbonyl (C=O) groups is 2. The first-order valence-corrected chi connectivity index (χ1v) is 6.58. The van der Waals surface area contributed by atoms with Crippen LogP contribution in [-0.4, -0.2) is 36.9 Å². The molecule has 0 radical (unpaired) electrons. The summed E-state index contributed by atoms with van der Waals surface area (Å²) in [5.74, 6) is 0.0640. The number of hydrogen-bond acceptors (Lipinski definition) is 3. The SMILES string of the molecule is CCN(C)C(=O)CCCNC(=O)c1cccs1. The first-order chi connectivity index (χ1) is 8.15. The molecule has 0 saturated heterocycles. The number of hydrogen-bond donors (Lipinski definition) is 1. The molecular formula is C12H18N2O2S. The number of thiophene rings is 1. The lowest BCUT2D eigenvalue weighted by Crippen LogP contribution is -2.28. The normalized spacial score (nSPS) is 10.0. The molecule has 0 aliphatic rings. The van der Waals surface area contributed by atoms with E-state index in [1.165, 1.54) is 11.3 Å². The highest BCUT2D eigenvalue weighted by Gasteiger charge is 2.07. The third-order valence-corrected chi connectivity index (χ3v) is 3.37. The number of nitrogens with zero attached hydrogens (tertiary/aromatic N) is 1. The molecule has 0 saturated carbocycles. The molecule has 0 fully saturated rings. The predicted molar refractivity (Wildman–Crippen MR) is 69.2 cm³/mol. The Labute approximate surface area is 106 Å². The zero-order valence-corrected chi connectivity index (χ0v) is 11.0. The molecule has 0 unspecified atom stereocenters. The van der Waals surface area contributed by atoms with E-state index < -0.39 is 0 Å². The van der Waals surface area contributed by atoms with Gasteiger partial charge in [0.1, 0.15) is 0 Å². The lowest BCUT2D eigenvalue weighted by atomic mass is 10.2. The van der Waals surface area contributed by atoms with Crippen molar-refractivity contribution in [2.24, 2.45) is 0 Å². The molecule has 0 atom stereocenters. The summed E-state index contributed by atoms with van der Waals surface area (Å²) in [5.41, 5.74) is 0. The van der Waals surface area contributed by atoms with E-state index in [9.17, 15) is 9.59 Å². The summed E-state index contributed by atoms with van der Waals surface area (Å²) >= 11 is 1.42. The summed E-state index contributed by atoms with van der Waals surface area (Å²) < 4.78 is 0. The van der Waals surface area contributed by atoms with Crippen molar-refractivity contribution in [1.82, 2.24) is 10.2 Å². The van der Waals surface area contributed by atoms with Crippen LogP contribution in [-0.2, 0) is 4.79 Å². The third-order valence-electron chi connectivity index (χ3n) is 2.50. The Morgan fingerprint density at radius 3 is 2.82 bits per heavy atom. The van der Waals surface area contributed by atoms with Crippen LogP contribution in [0.5, 0.6) is 0 Å². The van der Waals surface area contributed by atoms with Crippen molar-refractivity contribution in [3.05, 3.63) is 22.4 Å². The molecule has 2 amide bonds. The van der Waals surface area contributed by atoms with E-state index >= 15 is 0 Å². The number of carbonyl (C=O) groups excluding carboxylic acids is 2. The van der Waals surface area contributed by atoms with Gasteiger partial charge in [0.15, 0.2) is 0 Å². The number of rotatable bonds is 6. The van der Waals surface area contributed by atoms with E-state index in [1.54, 1.807) is 18.0 Å². The fourth-order valence-electron chi connectivity index (χ4n) is 1.30. The van der Waals surface area contributed by atoms with Crippen LogP contribution >= 0.6 is 11.3 Å². The Hall–Kier alpha value is -1.36. The standard InChI is InChI=1S/C12H18N2O2S/c1-3-14(2)11(15)7-4-8-13-12(16)10-6-5-9-17-10/h5-6,9H,3-4,7-8H2,1-2H3,(H,13,16). The highest BCUT2D eigenvalue weighted by molar-refractivity contribution is 7.12. The highest BCUT2D eigenvalue weighted by atomic mass is 32.1. The van der Waals surface area contributed by atoms with Gasteiger partial charge in [-0.25, -0.2) is 0 Å². The van der Waals surface area contributed by atoms with Gasteiger partial charge in [-0.3, -0.25) is 9.59 Å². The molecule has 0 aliphatic heterocycles. The van der Waals surface area contributed by atoms with Crippen molar-refractivity contribution in [1.29, 1.82) is 0 Å². The quantitative estimate of drug-likeness (QED) is 0.786. The van der Waals surface area contributed by atoms with Gasteiger partial charge in [-0.1, -0.05) is 6.07 Å². The summed E-state index contributed by atoms with van der Waals surface area (Å²) in [4.78, 5) is 25.4. The molecule has 1 aromatic heterocycles. The molecule has 0 aromatic carbocycles. The van der Waals surface area contributed by atoms with E-state index in [4.69, 9.17) is 0 Å². The Morgan fingerprint density at radius 2 is 2.24 bits per heavy atom. The average molecular weight is 254 g/mol. The van der Waals surface area contributed by atoms with E-state index in [0.29, 0.717) is 24.3 Å². The largest absolute Gasteiger partial charge is 0.351 e. The highest BCUT2D eigenvalue weighted by Crippen LogP contribution is 2.07. The van der Waals surface area contributed by atoms with Crippen molar-refractivity contribution in [3.8, 4) is 0 Å². The molecule has 1 heterocycles. The topological polar surface area (TPSA) is 49.4 Å². The van der Waals surface area contributed by atoms with Crippen LogP contribution in [0.3, 0.4) is 0 Å². The minimum atomic E-state index is -0.0590. The van der Waals surface area contributed by atoms with Gasteiger partial charge < -0.3 is 10.2 Å². The second-order valence-corrected chi connectivity index (χ2v) is 4.69. The summed E-state index contributed by atoms with van der Waals surface area (Å²) in [6, 6.07) is 3.63. The fourth-order valence-corrected chi connectivity index (χ4v) is 1.94. The van der Waals surface area contributed by atoms with Gasteiger partial charge in [0.25, 0.3) is 5.91 Å². The number of amides is 2. The Balaban J connectivity index is 2.16. The van der Waals surface area contributed by atoms with Crippen LogP contribution in [0.15, 0.2) is 17.5 Å². The van der Waals surface area contributed by atoms with Crippen molar-refractivity contribution < 1.29 is 9.59 Å². The Kier molecular flexibility index (Phi) is 5.69. The molecule has 1 rings (SSSR count). The summed E-state index contributed by atoms with van der Waals surface area (Å²) in [7, 11) is 1.78. The summed E-state index contributed by atoms with van der Waals surface area (Å²) in [5, 5.41) is 4.67. The van der Waals surface area contributed by atoms with Crippen molar-refractivity contribution in [2.45, 2.75) is 19.8 Å². The van der Waals surface area contributed by atoms with E-state index in [0.717, 1.165) is 6.54 Å². The second-order valence-electron chi connectivity index (χ2n) is 3.74. The van der Waals surface area contributed by atoms with Gasteiger partial charge in [-0.15, -0.1) is 11.3 Å². The van der Waals surface area contributed by atoms with Crippen LogP contribution in [0.1, 0.15) is 29.4 Å². The predicted octanol–water partition coefficient (Wildman–Crippen LogP) is 1.74. The van der Waals surface area contributed by atoms with Gasteiger partial charge in [0.05, 0.1) is 4.88 Å². The first kappa shape index (κ1) is 13.7. The van der Waals surface area contributed by atoms with Gasteiger partial charge >= 0.3 is 0 Å². The first-order valence-electron chi connectivity index (χ1n) is 5.70. The van der Waals surface area contributed by atoms with Gasteiger partial charge in [-0.2, -0.15) is 0 Å². The maximum absolute atomic E-state index is 11.5. The second kappa shape index (κ2) is 7.06. The molecule has 0 aliphatic carbocycles. The Bertz CT molecular complexity index is 363. The molecule has 1 N–H and O–H groups in total. The van der Waals surface area contributed by atoms with Crippen LogP contribution in [0.4, 0.5) is 0 Å². The van der Waals surface area contributed by atoms with Crippen LogP contribution < -0.4 is 5.32 Å². The monoisotopic (exact) mass is 254 g/mol. The zero-order valence-electron chi connectivity index (χ0n) is 10.2. The molecule has 5 heteroatoms. The van der Waals surface area contributed by atoms with Crippen LogP contribution in [0.25, 0.3) is 0 Å². The minimum absolute atomic E-state index is 0.0590. The molecule has 4 nitrogen and oxygen atoms in total. The Morgan fingerprint density at radius 1 is 1.47 bits per heavy atom. The number of nitrogens with one attached hydrogen (secondary N) is 1. The maximum Gasteiger partial charge on any atom is 0.261 e. The lowest BCUT2D eigenvalue weighted by Gasteiger charge is -2.14. The van der Waals surface area contributed by atoms with Crippen LogP contribution in [0, 0.1) is 0 Å². The minimum Gasteiger partial charge on any atom is -0.351 e. The van der Waals surface area contributed by atoms with Gasteiger partial charge in [-0.05, 0) is 24.8 Å².